The van der Waals surface area contributed by atoms with Gasteiger partial charge in [-0.1, -0.05) is 41.9 Å². The molecule has 1 amide bonds. The summed E-state index contributed by atoms with van der Waals surface area (Å²) in [6.07, 6.45) is 2.29. The summed E-state index contributed by atoms with van der Waals surface area (Å²) in [4.78, 5) is 11.6. The largest absolute Gasteiger partial charge is 0.368 e. The van der Waals surface area contributed by atoms with Gasteiger partial charge in [-0.2, -0.15) is 0 Å². The standard InChI is InChI=1S/C14H19BrN2O/c1-14(2)7-6-11(14)17-12(13(16)18)9-4-3-5-10(15)8-9/h3-5,8,11-12,17H,6-7H2,1-2H3,(H2,16,18)/t11-,12-/m1/s1. The van der Waals surface area contributed by atoms with Crippen molar-refractivity contribution in [3.63, 3.8) is 0 Å². The quantitative estimate of drug-likeness (QED) is 0.898. The van der Waals surface area contributed by atoms with Crippen molar-refractivity contribution in [2.24, 2.45) is 11.1 Å². The molecule has 2 atom stereocenters. The average Bonchev–Trinajstić information content (AvgIpc) is 2.27. The molecular weight excluding hydrogens is 292 g/mol. The van der Waals surface area contributed by atoms with Crippen LogP contribution in [0, 0.1) is 5.41 Å². The minimum Gasteiger partial charge on any atom is -0.368 e. The fourth-order valence-electron chi connectivity index (χ4n) is 2.40. The molecule has 1 aromatic rings. The molecule has 1 aliphatic rings. The lowest BCUT2D eigenvalue weighted by Crippen LogP contribution is -2.53. The number of hydrogen-bond donors (Lipinski definition) is 2. The molecule has 18 heavy (non-hydrogen) atoms. The Hall–Kier alpha value is -0.870. The minimum absolute atomic E-state index is 0.250. The van der Waals surface area contributed by atoms with Crippen LogP contribution >= 0.6 is 15.9 Å². The smallest absolute Gasteiger partial charge is 0.239 e. The monoisotopic (exact) mass is 310 g/mol. The summed E-state index contributed by atoms with van der Waals surface area (Å²) in [6.45, 7) is 4.43. The second-order valence-corrected chi connectivity index (χ2v) is 6.55. The second-order valence-electron chi connectivity index (χ2n) is 5.64. The molecule has 0 heterocycles. The van der Waals surface area contributed by atoms with Crippen LogP contribution in [0.25, 0.3) is 0 Å². The van der Waals surface area contributed by atoms with Gasteiger partial charge in [-0.05, 0) is 36.0 Å². The zero-order chi connectivity index (χ0) is 13.3. The molecule has 1 saturated carbocycles. The molecule has 0 aliphatic heterocycles. The van der Waals surface area contributed by atoms with E-state index >= 15 is 0 Å². The highest BCUT2D eigenvalue weighted by molar-refractivity contribution is 9.10. The number of carbonyl (C=O) groups is 1. The van der Waals surface area contributed by atoms with E-state index < -0.39 is 6.04 Å². The van der Waals surface area contributed by atoms with Crippen LogP contribution in [0.5, 0.6) is 0 Å². The van der Waals surface area contributed by atoms with Crippen LogP contribution in [0.3, 0.4) is 0 Å². The third kappa shape index (κ3) is 2.75. The predicted molar refractivity (Wildman–Crippen MR) is 76.0 cm³/mol. The average molecular weight is 311 g/mol. The Morgan fingerprint density at radius 1 is 1.56 bits per heavy atom. The summed E-state index contributed by atoms with van der Waals surface area (Å²) in [5.74, 6) is -0.323. The maximum atomic E-state index is 11.6. The summed E-state index contributed by atoms with van der Waals surface area (Å²) < 4.78 is 0.959. The van der Waals surface area contributed by atoms with Crippen molar-refractivity contribution in [2.45, 2.75) is 38.8 Å². The summed E-state index contributed by atoms with van der Waals surface area (Å²) in [7, 11) is 0. The Morgan fingerprint density at radius 3 is 2.72 bits per heavy atom. The van der Waals surface area contributed by atoms with E-state index in [-0.39, 0.29) is 11.3 Å². The SMILES string of the molecule is CC1(C)CC[C@H]1N[C@@H](C(N)=O)c1cccc(Br)c1. The van der Waals surface area contributed by atoms with Gasteiger partial charge in [0.25, 0.3) is 0 Å². The van der Waals surface area contributed by atoms with Crippen LogP contribution in [0.4, 0.5) is 0 Å². The van der Waals surface area contributed by atoms with Gasteiger partial charge < -0.3 is 5.73 Å². The molecule has 0 radical (unpaired) electrons. The van der Waals surface area contributed by atoms with Crippen molar-refractivity contribution in [1.29, 1.82) is 0 Å². The van der Waals surface area contributed by atoms with Gasteiger partial charge in [-0.3, -0.25) is 10.1 Å². The number of nitrogens with two attached hydrogens (primary N) is 1. The summed E-state index contributed by atoms with van der Waals surface area (Å²) in [5.41, 5.74) is 6.68. The maximum Gasteiger partial charge on any atom is 0.239 e. The third-order valence-electron chi connectivity index (χ3n) is 3.86. The zero-order valence-corrected chi connectivity index (χ0v) is 12.3. The molecule has 0 saturated heterocycles. The number of nitrogens with one attached hydrogen (secondary N) is 1. The molecule has 98 valence electrons. The van der Waals surface area contributed by atoms with Gasteiger partial charge in [0.2, 0.25) is 5.91 Å². The van der Waals surface area contributed by atoms with Gasteiger partial charge in [-0.25, -0.2) is 0 Å². The number of primary amides is 1. The molecule has 2 rings (SSSR count). The molecule has 3 nitrogen and oxygen atoms in total. The third-order valence-corrected chi connectivity index (χ3v) is 4.35. The number of hydrogen-bond acceptors (Lipinski definition) is 2. The number of amides is 1. The van der Waals surface area contributed by atoms with Crippen molar-refractivity contribution in [3.8, 4) is 0 Å². The van der Waals surface area contributed by atoms with Crippen molar-refractivity contribution in [3.05, 3.63) is 34.3 Å². The normalized spacial score (nSPS) is 23.2. The van der Waals surface area contributed by atoms with Gasteiger partial charge in [0.05, 0.1) is 0 Å². The number of carbonyl (C=O) groups excluding carboxylic acids is 1. The van der Waals surface area contributed by atoms with Crippen LogP contribution in [-0.4, -0.2) is 11.9 Å². The number of rotatable bonds is 4. The molecule has 1 fully saturated rings. The van der Waals surface area contributed by atoms with Gasteiger partial charge in [0.1, 0.15) is 6.04 Å². The molecule has 0 unspecified atom stereocenters. The van der Waals surface area contributed by atoms with E-state index in [0.717, 1.165) is 16.5 Å². The van der Waals surface area contributed by atoms with Crippen molar-refractivity contribution < 1.29 is 4.79 Å². The van der Waals surface area contributed by atoms with Crippen LogP contribution in [0.15, 0.2) is 28.7 Å². The van der Waals surface area contributed by atoms with E-state index in [9.17, 15) is 4.79 Å². The van der Waals surface area contributed by atoms with Gasteiger partial charge >= 0.3 is 0 Å². The van der Waals surface area contributed by atoms with E-state index in [2.05, 4.69) is 35.1 Å². The van der Waals surface area contributed by atoms with Crippen LogP contribution in [-0.2, 0) is 4.79 Å². The van der Waals surface area contributed by atoms with Crippen molar-refractivity contribution in [1.82, 2.24) is 5.32 Å². The Bertz CT molecular complexity index is 459. The highest BCUT2D eigenvalue weighted by Crippen LogP contribution is 2.41. The molecule has 0 aromatic heterocycles. The minimum atomic E-state index is -0.410. The molecule has 0 bridgehead atoms. The van der Waals surface area contributed by atoms with Crippen molar-refractivity contribution in [2.75, 3.05) is 0 Å². The fourth-order valence-corrected chi connectivity index (χ4v) is 2.82. The molecule has 1 aromatic carbocycles. The maximum absolute atomic E-state index is 11.6. The Labute approximate surface area is 116 Å². The molecule has 0 spiro atoms. The zero-order valence-electron chi connectivity index (χ0n) is 10.7. The van der Waals surface area contributed by atoms with Crippen LogP contribution in [0.2, 0.25) is 0 Å². The predicted octanol–water partition coefficient (Wildman–Crippen LogP) is 2.75. The van der Waals surface area contributed by atoms with Gasteiger partial charge in [0.15, 0.2) is 0 Å². The Balaban J connectivity index is 2.17. The number of benzene rings is 1. The molecule has 1 aliphatic carbocycles. The van der Waals surface area contributed by atoms with Crippen LogP contribution in [0.1, 0.15) is 38.3 Å². The van der Waals surface area contributed by atoms with E-state index in [1.165, 1.54) is 6.42 Å². The van der Waals surface area contributed by atoms with E-state index in [4.69, 9.17) is 5.73 Å². The first-order valence-electron chi connectivity index (χ1n) is 6.21. The van der Waals surface area contributed by atoms with E-state index in [1.807, 2.05) is 24.3 Å². The first kappa shape index (κ1) is 13.6. The topological polar surface area (TPSA) is 55.1 Å². The fraction of sp³-hybridized carbons (Fsp3) is 0.500. The molecule has 3 N–H and O–H groups in total. The number of halogens is 1. The van der Waals surface area contributed by atoms with Gasteiger partial charge in [-0.15, -0.1) is 0 Å². The Morgan fingerprint density at radius 2 is 2.28 bits per heavy atom. The lowest BCUT2D eigenvalue weighted by atomic mass is 9.67. The second kappa shape index (κ2) is 5.02. The van der Waals surface area contributed by atoms with Gasteiger partial charge in [0, 0.05) is 10.5 Å². The highest BCUT2D eigenvalue weighted by Gasteiger charge is 2.40. The molecule has 4 heteroatoms. The van der Waals surface area contributed by atoms with Crippen LogP contribution < -0.4 is 11.1 Å². The van der Waals surface area contributed by atoms with Crippen molar-refractivity contribution >= 4 is 21.8 Å². The van der Waals surface area contributed by atoms with E-state index in [1.54, 1.807) is 0 Å². The first-order valence-corrected chi connectivity index (χ1v) is 7.00. The Kier molecular flexibility index (Phi) is 3.78. The summed E-state index contributed by atoms with van der Waals surface area (Å²) >= 11 is 3.42. The summed E-state index contributed by atoms with van der Waals surface area (Å²) in [5, 5.41) is 3.39. The molecular formula is C14H19BrN2O. The lowest BCUT2D eigenvalue weighted by molar-refractivity contribution is -0.121. The highest BCUT2D eigenvalue weighted by atomic mass is 79.9. The first-order chi connectivity index (χ1) is 8.40. The lowest BCUT2D eigenvalue weighted by Gasteiger charge is -2.46. The summed E-state index contributed by atoms with van der Waals surface area (Å²) in [6, 6.07) is 7.67. The van der Waals surface area contributed by atoms with E-state index in [0.29, 0.717) is 6.04 Å².